The molecule has 0 aliphatic heterocycles. The predicted octanol–water partition coefficient (Wildman–Crippen LogP) is 4.72. The van der Waals surface area contributed by atoms with Crippen molar-refractivity contribution in [2.24, 2.45) is 0 Å². The number of anilines is 1. The molecule has 0 saturated heterocycles. The second-order valence-corrected chi connectivity index (χ2v) is 9.42. The lowest BCUT2D eigenvalue weighted by atomic mass is 10.0. The van der Waals surface area contributed by atoms with Gasteiger partial charge in [-0.25, -0.2) is 4.68 Å². The summed E-state index contributed by atoms with van der Waals surface area (Å²) in [7, 11) is 0. The summed E-state index contributed by atoms with van der Waals surface area (Å²) in [6, 6.07) is 17.5. The molecule has 0 aliphatic rings. The Morgan fingerprint density at radius 3 is 2.54 bits per heavy atom. The molecule has 0 bridgehead atoms. The highest BCUT2D eigenvalue weighted by molar-refractivity contribution is 6.01. The highest BCUT2D eigenvalue weighted by atomic mass is 16.3. The van der Waals surface area contributed by atoms with Crippen molar-refractivity contribution < 1.29 is 14.0 Å². The summed E-state index contributed by atoms with van der Waals surface area (Å²) >= 11 is 0. The second-order valence-electron chi connectivity index (χ2n) is 9.42. The van der Waals surface area contributed by atoms with Crippen LogP contribution in [0.25, 0.3) is 11.0 Å². The van der Waals surface area contributed by atoms with Gasteiger partial charge in [0.1, 0.15) is 23.6 Å². The van der Waals surface area contributed by atoms with Crippen LogP contribution in [0, 0.1) is 13.8 Å². The second kappa shape index (κ2) is 9.74. The number of hydrogen-bond donors (Lipinski definition) is 1. The van der Waals surface area contributed by atoms with E-state index in [1.165, 1.54) is 4.90 Å². The fourth-order valence-electron chi connectivity index (χ4n) is 3.92. The first-order chi connectivity index (χ1) is 16.7. The quantitative estimate of drug-likeness (QED) is 0.400. The molecule has 8 heteroatoms. The highest BCUT2D eigenvalue weighted by Gasteiger charge is 2.37. The van der Waals surface area contributed by atoms with Crippen LogP contribution in [0.15, 0.2) is 65.1 Å². The van der Waals surface area contributed by atoms with E-state index in [-0.39, 0.29) is 18.4 Å². The van der Waals surface area contributed by atoms with Crippen molar-refractivity contribution >= 4 is 28.5 Å². The van der Waals surface area contributed by atoms with E-state index in [2.05, 4.69) is 15.6 Å². The Bertz CT molecular complexity index is 1350. The minimum Gasteiger partial charge on any atom is -0.464 e. The zero-order valence-corrected chi connectivity index (χ0v) is 20.8. The Balaban J connectivity index is 1.80. The SMILES string of the molecule is CCC(C)(C)NC(=O)[C@@H](c1ccc(C)o1)N(C(=O)Cn1nnc2ccccc21)c1cccc(C)c1. The maximum atomic E-state index is 13.9. The third kappa shape index (κ3) is 5.26. The molecule has 1 atom stereocenters. The van der Waals surface area contributed by atoms with Crippen LogP contribution in [0.3, 0.4) is 0 Å². The number of aryl methyl sites for hydroxylation is 2. The Morgan fingerprint density at radius 1 is 1.09 bits per heavy atom. The van der Waals surface area contributed by atoms with Crippen LogP contribution in [0.4, 0.5) is 5.69 Å². The smallest absolute Gasteiger partial charge is 0.251 e. The van der Waals surface area contributed by atoms with Gasteiger partial charge in [-0.1, -0.05) is 36.4 Å². The van der Waals surface area contributed by atoms with Crippen LogP contribution in [0.2, 0.25) is 0 Å². The molecule has 0 fully saturated rings. The van der Waals surface area contributed by atoms with Crippen LogP contribution in [-0.4, -0.2) is 32.3 Å². The Morgan fingerprint density at radius 2 is 1.86 bits per heavy atom. The monoisotopic (exact) mass is 473 g/mol. The summed E-state index contributed by atoms with van der Waals surface area (Å²) in [6.07, 6.45) is 0.728. The number of para-hydroxylation sites is 1. The van der Waals surface area contributed by atoms with Crippen molar-refractivity contribution in [1.29, 1.82) is 0 Å². The topological polar surface area (TPSA) is 93.3 Å². The van der Waals surface area contributed by atoms with Crippen molar-refractivity contribution in [2.45, 2.75) is 59.2 Å². The lowest BCUT2D eigenvalue weighted by Crippen LogP contribution is -2.51. The van der Waals surface area contributed by atoms with E-state index in [0.29, 0.717) is 22.7 Å². The molecule has 35 heavy (non-hydrogen) atoms. The number of benzene rings is 2. The molecular weight excluding hydrogens is 442 g/mol. The molecule has 1 N–H and O–H groups in total. The first-order valence-electron chi connectivity index (χ1n) is 11.7. The molecule has 2 aromatic carbocycles. The molecule has 2 amide bonds. The summed E-state index contributed by atoms with van der Waals surface area (Å²) in [4.78, 5) is 29.2. The average molecular weight is 474 g/mol. The van der Waals surface area contributed by atoms with E-state index in [0.717, 1.165) is 17.5 Å². The molecule has 4 rings (SSSR count). The first kappa shape index (κ1) is 24.2. The molecule has 0 aliphatic carbocycles. The zero-order chi connectivity index (χ0) is 25.2. The lowest BCUT2D eigenvalue weighted by Gasteiger charge is -2.33. The third-order valence-corrected chi connectivity index (χ3v) is 6.14. The largest absolute Gasteiger partial charge is 0.464 e. The minimum atomic E-state index is -1.00. The van der Waals surface area contributed by atoms with Crippen LogP contribution in [0.5, 0.6) is 0 Å². The molecule has 2 aromatic heterocycles. The van der Waals surface area contributed by atoms with Crippen LogP contribution < -0.4 is 10.2 Å². The summed E-state index contributed by atoms with van der Waals surface area (Å²) in [5.74, 6) is 0.427. The number of rotatable bonds is 8. The fraction of sp³-hybridized carbons (Fsp3) is 0.333. The highest BCUT2D eigenvalue weighted by Crippen LogP contribution is 2.31. The average Bonchev–Trinajstić information content (AvgIpc) is 3.43. The van der Waals surface area contributed by atoms with E-state index < -0.39 is 11.6 Å². The number of aromatic nitrogens is 3. The van der Waals surface area contributed by atoms with Crippen LogP contribution in [0.1, 0.15) is 50.3 Å². The normalized spacial score (nSPS) is 12.5. The van der Waals surface area contributed by atoms with E-state index >= 15 is 0 Å². The van der Waals surface area contributed by atoms with E-state index in [1.54, 1.807) is 16.8 Å². The molecule has 0 radical (unpaired) electrons. The van der Waals surface area contributed by atoms with Gasteiger partial charge in [0, 0.05) is 11.2 Å². The van der Waals surface area contributed by atoms with Gasteiger partial charge in [-0.3, -0.25) is 14.5 Å². The van der Waals surface area contributed by atoms with Crippen molar-refractivity contribution in [3.05, 3.63) is 77.7 Å². The van der Waals surface area contributed by atoms with E-state index in [9.17, 15) is 9.59 Å². The summed E-state index contributed by atoms with van der Waals surface area (Å²) in [5.41, 5.74) is 2.55. The Kier molecular flexibility index (Phi) is 6.73. The van der Waals surface area contributed by atoms with Gasteiger partial charge in [0.2, 0.25) is 5.91 Å². The number of amides is 2. The van der Waals surface area contributed by atoms with Gasteiger partial charge < -0.3 is 9.73 Å². The summed E-state index contributed by atoms with van der Waals surface area (Å²) < 4.78 is 7.47. The van der Waals surface area contributed by atoms with Crippen molar-refractivity contribution in [3.63, 3.8) is 0 Å². The standard InChI is InChI=1S/C27H31N5O3/c1-6-27(4,5)28-26(34)25(23-15-14-19(3)35-23)32(20-11-9-10-18(2)16-20)24(33)17-31-22-13-8-7-12-21(22)29-30-31/h7-16,25H,6,17H2,1-5H3,(H,28,34)/t25-/m1/s1. The zero-order valence-electron chi connectivity index (χ0n) is 20.8. The van der Waals surface area contributed by atoms with E-state index in [1.807, 2.05) is 83.1 Å². The van der Waals surface area contributed by atoms with Gasteiger partial charge in [0.25, 0.3) is 5.91 Å². The Labute approximate surface area is 204 Å². The fourth-order valence-corrected chi connectivity index (χ4v) is 3.92. The number of carbonyl (C=O) groups excluding carboxylic acids is 2. The Hall–Kier alpha value is -3.94. The summed E-state index contributed by atoms with van der Waals surface area (Å²) in [5, 5.41) is 11.4. The number of furan rings is 1. The molecular formula is C27H31N5O3. The van der Waals surface area contributed by atoms with Crippen LogP contribution in [-0.2, 0) is 16.1 Å². The number of hydrogen-bond acceptors (Lipinski definition) is 5. The summed E-state index contributed by atoms with van der Waals surface area (Å²) in [6.45, 7) is 9.59. The van der Waals surface area contributed by atoms with Gasteiger partial charge in [-0.2, -0.15) is 0 Å². The van der Waals surface area contributed by atoms with Gasteiger partial charge in [0.05, 0.1) is 5.52 Å². The molecule has 0 spiro atoms. The van der Waals surface area contributed by atoms with Gasteiger partial charge in [0.15, 0.2) is 6.04 Å². The van der Waals surface area contributed by atoms with E-state index in [4.69, 9.17) is 4.42 Å². The molecule has 182 valence electrons. The molecule has 4 aromatic rings. The van der Waals surface area contributed by atoms with Gasteiger partial charge >= 0.3 is 0 Å². The minimum absolute atomic E-state index is 0.0882. The molecule has 2 heterocycles. The number of nitrogens with one attached hydrogen (secondary N) is 1. The van der Waals surface area contributed by atoms with Crippen molar-refractivity contribution in [2.75, 3.05) is 4.90 Å². The van der Waals surface area contributed by atoms with Crippen molar-refractivity contribution in [3.8, 4) is 0 Å². The molecule has 0 unspecified atom stereocenters. The third-order valence-electron chi connectivity index (χ3n) is 6.14. The lowest BCUT2D eigenvalue weighted by molar-refractivity contribution is -0.128. The van der Waals surface area contributed by atoms with Gasteiger partial charge in [-0.05, 0) is 76.1 Å². The number of carbonyl (C=O) groups is 2. The first-order valence-corrected chi connectivity index (χ1v) is 11.7. The van der Waals surface area contributed by atoms with Crippen molar-refractivity contribution in [1.82, 2.24) is 20.3 Å². The van der Waals surface area contributed by atoms with Gasteiger partial charge in [-0.15, -0.1) is 5.10 Å². The molecule has 0 saturated carbocycles. The number of fused-ring (bicyclic) bond motifs is 1. The maximum Gasteiger partial charge on any atom is 0.251 e. The van der Waals surface area contributed by atoms with Crippen LogP contribution >= 0.6 is 0 Å². The number of nitrogens with zero attached hydrogens (tertiary/aromatic N) is 4. The predicted molar refractivity (Wildman–Crippen MR) is 135 cm³/mol. The molecule has 8 nitrogen and oxygen atoms in total. The maximum absolute atomic E-state index is 13.9.